The zero-order valence-electron chi connectivity index (χ0n) is 13.2. The molecule has 3 nitrogen and oxygen atoms in total. The summed E-state index contributed by atoms with van der Waals surface area (Å²) in [5.41, 5.74) is 0.969. The summed E-state index contributed by atoms with van der Waals surface area (Å²) in [7, 11) is 2.99. The van der Waals surface area contributed by atoms with Crippen LogP contribution in [-0.4, -0.2) is 32.6 Å². The summed E-state index contributed by atoms with van der Waals surface area (Å²) in [5, 5.41) is 3.49. The third-order valence-electron chi connectivity index (χ3n) is 3.71. The summed E-state index contributed by atoms with van der Waals surface area (Å²) in [6.07, 6.45) is 3.39. The molecule has 1 aliphatic rings. The number of hydrogen-bond acceptors (Lipinski definition) is 4. The molecule has 0 spiro atoms. The normalized spacial score (nSPS) is 15.9. The van der Waals surface area contributed by atoms with Crippen LogP contribution in [0.25, 0.3) is 0 Å². The highest BCUT2D eigenvalue weighted by Crippen LogP contribution is 2.41. The van der Waals surface area contributed by atoms with Crippen molar-refractivity contribution in [2.45, 2.75) is 42.9 Å². The Hall–Kier alpha value is -1.01. The maximum atomic E-state index is 12.7. The first-order valence-corrected chi connectivity index (χ1v) is 8.34. The maximum Gasteiger partial charge on any atom is 0.289 e. The van der Waals surface area contributed by atoms with Gasteiger partial charge in [-0.1, -0.05) is 11.8 Å². The molecule has 0 aliphatic heterocycles. The van der Waals surface area contributed by atoms with Crippen molar-refractivity contribution in [1.29, 1.82) is 0 Å². The smallest absolute Gasteiger partial charge is 0.289 e. The maximum absolute atomic E-state index is 12.7. The zero-order valence-corrected chi connectivity index (χ0v) is 14.0. The molecule has 0 amide bonds. The van der Waals surface area contributed by atoms with E-state index in [0.717, 1.165) is 24.4 Å². The van der Waals surface area contributed by atoms with Crippen molar-refractivity contribution >= 4 is 11.8 Å². The fraction of sp³-hybridized carbons (Fsp3) is 0.625. The summed E-state index contributed by atoms with van der Waals surface area (Å²) in [6, 6.07) is 3.93. The van der Waals surface area contributed by atoms with E-state index in [0.29, 0.717) is 34.2 Å². The Balaban J connectivity index is 2.11. The van der Waals surface area contributed by atoms with E-state index < -0.39 is 5.76 Å². The molecule has 2 rings (SSSR count). The van der Waals surface area contributed by atoms with Crippen molar-refractivity contribution in [3.05, 3.63) is 17.7 Å². The van der Waals surface area contributed by atoms with Gasteiger partial charge in [0.25, 0.3) is 5.76 Å². The van der Waals surface area contributed by atoms with Gasteiger partial charge < -0.3 is 14.8 Å². The molecular weight excluding hydrogens is 308 g/mol. The predicted molar refractivity (Wildman–Crippen MR) is 85.3 cm³/mol. The van der Waals surface area contributed by atoms with Crippen LogP contribution in [0, 0.1) is 5.92 Å². The van der Waals surface area contributed by atoms with Crippen LogP contribution in [-0.2, 0) is 6.42 Å². The molecule has 1 unspecified atom stereocenters. The summed E-state index contributed by atoms with van der Waals surface area (Å²) in [5.74, 6) is -0.801. The molecule has 1 saturated carbocycles. The number of alkyl halides is 2. The largest absolute Gasteiger partial charge is 0.493 e. The Morgan fingerprint density at radius 2 is 2.00 bits per heavy atom. The van der Waals surface area contributed by atoms with Gasteiger partial charge in [-0.25, -0.2) is 0 Å². The second-order valence-corrected chi connectivity index (χ2v) is 6.70. The lowest BCUT2D eigenvalue weighted by Crippen LogP contribution is -2.29. The third-order valence-corrected chi connectivity index (χ3v) is 4.45. The molecule has 0 radical (unpaired) electrons. The van der Waals surface area contributed by atoms with Crippen molar-refractivity contribution in [1.82, 2.24) is 5.32 Å². The lowest BCUT2D eigenvalue weighted by molar-refractivity contribution is 0.251. The number of benzene rings is 1. The summed E-state index contributed by atoms with van der Waals surface area (Å²) >= 11 is 0.490. The zero-order chi connectivity index (χ0) is 16.1. The van der Waals surface area contributed by atoms with Gasteiger partial charge in [0, 0.05) is 6.04 Å². The highest BCUT2D eigenvalue weighted by molar-refractivity contribution is 7.99. The van der Waals surface area contributed by atoms with Crippen molar-refractivity contribution in [3.63, 3.8) is 0 Å². The first-order valence-electron chi connectivity index (χ1n) is 7.46. The van der Waals surface area contributed by atoms with E-state index >= 15 is 0 Å². The van der Waals surface area contributed by atoms with Gasteiger partial charge in [-0.2, -0.15) is 8.78 Å². The van der Waals surface area contributed by atoms with Gasteiger partial charge in [0.05, 0.1) is 19.1 Å². The molecule has 124 valence electrons. The molecule has 1 fully saturated rings. The lowest BCUT2D eigenvalue weighted by atomic mass is 10.1. The Bertz CT molecular complexity index is 495. The van der Waals surface area contributed by atoms with E-state index in [4.69, 9.17) is 9.47 Å². The number of halogens is 2. The molecule has 1 aromatic rings. The van der Waals surface area contributed by atoms with Gasteiger partial charge >= 0.3 is 0 Å². The van der Waals surface area contributed by atoms with Gasteiger partial charge in [0.1, 0.15) is 0 Å². The minimum Gasteiger partial charge on any atom is -0.493 e. The van der Waals surface area contributed by atoms with E-state index in [2.05, 4.69) is 12.2 Å². The Morgan fingerprint density at radius 1 is 1.27 bits per heavy atom. The molecule has 1 N–H and O–H groups in total. The predicted octanol–water partition coefficient (Wildman–Crippen LogP) is 3.95. The van der Waals surface area contributed by atoms with Gasteiger partial charge in [-0.05, 0) is 56.3 Å². The van der Waals surface area contributed by atoms with Crippen molar-refractivity contribution in [3.8, 4) is 11.5 Å². The summed E-state index contributed by atoms with van der Waals surface area (Å²) < 4.78 is 36.0. The molecule has 1 aromatic carbocycles. The van der Waals surface area contributed by atoms with Gasteiger partial charge in [0.15, 0.2) is 11.5 Å². The molecule has 1 aliphatic carbocycles. The Morgan fingerprint density at radius 3 is 2.55 bits per heavy atom. The number of nitrogens with one attached hydrogen (secondary N) is 1. The van der Waals surface area contributed by atoms with Crippen LogP contribution in [0.15, 0.2) is 17.0 Å². The van der Waals surface area contributed by atoms with Crippen molar-refractivity contribution < 1.29 is 18.3 Å². The van der Waals surface area contributed by atoms with Crippen molar-refractivity contribution in [2.24, 2.45) is 5.92 Å². The molecule has 6 heteroatoms. The first-order chi connectivity index (χ1) is 10.5. The second-order valence-electron chi connectivity index (χ2n) is 5.66. The molecule has 0 saturated heterocycles. The van der Waals surface area contributed by atoms with Gasteiger partial charge in [-0.15, -0.1) is 0 Å². The number of rotatable bonds is 9. The fourth-order valence-electron chi connectivity index (χ4n) is 2.40. The highest BCUT2D eigenvalue weighted by atomic mass is 32.2. The highest BCUT2D eigenvalue weighted by Gasteiger charge is 2.22. The van der Waals surface area contributed by atoms with Crippen LogP contribution in [0.4, 0.5) is 8.78 Å². The summed E-state index contributed by atoms with van der Waals surface area (Å²) in [4.78, 5) is 0.418. The van der Waals surface area contributed by atoms with Crippen LogP contribution < -0.4 is 14.8 Å². The minimum absolute atomic E-state index is 0.295. The van der Waals surface area contributed by atoms with Crippen LogP contribution in [0.2, 0.25) is 0 Å². The average molecular weight is 331 g/mol. The topological polar surface area (TPSA) is 30.5 Å². The fourth-order valence-corrected chi connectivity index (χ4v) is 3.10. The van der Waals surface area contributed by atoms with Gasteiger partial charge in [0.2, 0.25) is 0 Å². The minimum atomic E-state index is -2.49. The lowest BCUT2D eigenvalue weighted by Gasteiger charge is -2.17. The number of ether oxygens (including phenoxy) is 2. The van der Waals surface area contributed by atoms with Gasteiger partial charge in [-0.3, -0.25) is 0 Å². The average Bonchev–Trinajstić information content (AvgIpc) is 3.28. The number of methoxy groups -OCH3 is 2. The quantitative estimate of drug-likeness (QED) is 0.694. The van der Waals surface area contributed by atoms with Crippen LogP contribution in [0.3, 0.4) is 0 Å². The van der Waals surface area contributed by atoms with E-state index in [1.165, 1.54) is 27.1 Å². The molecule has 0 heterocycles. The van der Waals surface area contributed by atoms with E-state index in [1.807, 2.05) is 6.07 Å². The molecule has 0 aromatic heterocycles. The van der Waals surface area contributed by atoms with Crippen LogP contribution >= 0.6 is 11.8 Å². The van der Waals surface area contributed by atoms with Crippen molar-refractivity contribution in [2.75, 3.05) is 20.8 Å². The van der Waals surface area contributed by atoms with E-state index in [-0.39, 0.29) is 0 Å². The van der Waals surface area contributed by atoms with E-state index in [1.54, 1.807) is 6.07 Å². The Kier molecular flexibility index (Phi) is 6.32. The molecular formula is C16H23F2NO2S. The third kappa shape index (κ3) is 5.02. The second kappa shape index (κ2) is 8.02. The monoisotopic (exact) mass is 331 g/mol. The van der Waals surface area contributed by atoms with Crippen LogP contribution in [0.5, 0.6) is 11.5 Å². The molecule has 1 atom stereocenters. The summed E-state index contributed by atoms with van der Waals surface area (Å²) in [6.45, 7) is 3.14. The standard InChI is InChI=1S/C16H23F2NO2S/c1-10(19-9-11-4-5-11)6-12-7-13(20-2)15(21-3)14(8-12)22-16(17)18/h7-8,10-11,16,19H,4-6,9H2,1-3H3. The first kappa shape index (κ1) is 17.3. The Labute approximate surface area is 134 Å². The number of hydrogen-bond donors (Lipinski definition) is 1. The SMILES string of the molecule is COc1cc(CC(C)NCC2CC2)cc(SC(F)F)c1OC. The number of thioether (sulfide) groups is 1. The van der Waals surface area contributed by atoms with E-state index in [9.17, 15) is 8.78 Å². The molecule has 22 heavy (non-hydrogen) atoms. The van der Waals surface area contributed by atoms with Crippen LogP contribution in [0.1, 0.15) is 25.3 Å². The molecule has 0 bridgehead atoms.